The fourth-order valence-electron chi connectivity index (χ4n) is 2.06. The Balaban J connectivity index is 1.79. The number of carbonyl (C=O) groups excluding carboxylic acids is 2. The summed E-state index contributed by atoms with van der Waals surface area (Å²) in [5.74, 6) is -0.121. The lowest BCUT2D eigenvalue weighted by atomic mass is 10.1. The normalized spacial score (nSPS) is 10.0. The Morgan fingerprint density at radius 1 is 0.917 bits per heavy atom. The number of nitrogens with one attached hydrogen (secondary N) is 3. The SMILES string of the molecule is NCCCNC(=O)c1ccc(CNC(=O)Nc2ccccc2)cc1. The summed E-state index contributed by atoms with van der Waals surface area (Å²) in [6.07, 6.45) is 0.754. The van der Waals surface area contributed by atoms with E-state index in [0.717, 1.165) is 17.7 Å². The van der Waals surface area contributed by atoms with E-state index in [2.05, 4.69) is 16.0 Å². The molecule has 126 valence electrons. The molecule has 24 heavy (non-hydrogen) atoms. The van der Waals surface area contributed by atoms with Crippen molar-refractivity contribution in [3.63, 3.8) is 0 Å². The van der Waals surface area contributed by atoms with Crippen LogP contribution in [-0.2, 0) is 6.54 Å². The highest BCUT2D eigenvalue weighted by Gasteiger charge is 2.05. The smallest absolute Gasteiger partial charge is 0.319 e. The lowest BCUT2D eigenvalue weighted by Crippen LogP contribution is -2.28. The second-order valence-electron chi connectivity index (χ2n) is 5.27. The number of para-hydroxylation sites is 1. The third-order valence-corrected chi connectivity index (χ3v) is 3.37. The van der Waals surface area contributed by atoms with E-state index in [9.17, 15) is 9.59 Å². The largest absolute Gasteiger partial charge is 0.352 e. The average molecular weight is 326 g/mol. The van der Waals surface area contributed by atoms with E-state index in [1.54, 1.807) is 12.1 Å². The zero-order valence-corrected chi connectivity index (χ0v) is 13.4. The molecule has 3 amide bonds. The molecule has 0 radical (unpaired) electrons. The van der Waals surface area contributed by atoms with Crippen LogP contribution in [0.3, 0.4) is 0 Å². The maximum Gasteiger partial charge on any atom is 0.319 e. The van der Waals surface area contributed by atoms with Gasteiger partial charge in [0.25, 0.3) is 5.91 Å². The fraction of sp³-hybridized carbons (Fsp3) is 0.222. The minimum absolute atomic E-state index is 0.121. The van der Waals surface area contributed by atoms with Crippen molar-refractivity contribution >= 4 is 17.6 Å². The van der Waals surface area contributed by atoms with Gasteiger partial charge in [-0.2, -0.15) is 0 Å². The van der Waals surface area contributed by atoms with E-state index < -0.39 is 0 Å². The van der Waals surface area contributed by atoms with E-state index >= 15 is 0 Å². The second-order valence-corrected chi connectivity index (χ2v) is 5.27. The van der Waals surface area contributed by atoms with Crippen LogP contribution in [0.5, 0.6) is 0 Å². The summed E-state index contributed by atoms with van der Waals surface area (Å²) < 4.78 is 0. The molecule has 6 nitrogen and oxygen atoms in total. The van der Waals surface area contributed by atoms with Gasteiger partial charge < -0.3 is 21.7 Å². The van der Waals surface area contributed by atoms with Crippen molar-refractivity contribution in [2.45, 2.75) is 13.0 Å². The first-order valence-electron chi connectivity index (χ1n) is 7.86. The number of hydrogen-bond acceptors (Lipinski definition) is 3. The summed E-state index contributed by atoms with van der Waals surface area (Å²) >= 11 is 0. The Bertz CT molecular complexity index is 656. The topological polar surface area (TPSA) is 96.2 Å². The van der Waals surface area contributed by atoms with Crippen LogP contribution in [0, 0.1) is 0 Å². The Morgan fingerprint density at radius 2 is 1.62 bits per heavy atom. The molecule has 0 heterocycles. The molecular weight excluding hydrogens is 304 g/mol. The zero-order valence-electron chi connectivity index (χ0n) is 13.4. The van der Waals surface area contributed by atoms with Crippen molar-refractivity contribution in [2.75, 3.05) is 18.4 Å². The van der Waals surface area contributed by atoms with Crippen molar-refractivity contribution in [1.82, 2.24) is 10.6 Å². The number of hydrogen-bond donors (Lipinski definition) is 4. The third-order valence-electron chi connectivity index (χ3n) is 3.37. The van der Waals surface area contributed by atoms with Gasteiger partial charge in [0.1, 0.15) is 0 Å². The highest BCUT2D eigenvalue weighted by Crippen LogP contribution is 2.06. The maximum absolute atomic E-state index is 11.9. The van der Waals surface area contributed by atoms with Crippen LogP contribution in [0.1, 0.15) is 22.3 Å². The average Bonchev–Trinajstić information content (AvgIpc) is 2.61. The van der Waals surface area contributed by atoms with Crippen molar-refractivity contribution in [3.05, 3.63) is 65.7 Å². The van der Waals surface area contributed by atoms with Crippen LogP contribution in [0.25, 0.3) is 0 Å². The summed E-state index contributed by atoms with van der Waals surface area (Å²) in [6, 6.07) is 16.1. The molecule has 5 N–H and O–H groups in total. The Morgan fingerprint density at radius 3 is 2.29 bits per heavy atom. The molecule has 0 aliphatic rings. The zero-order chi connectivity index (χ0) is 17.2. The highest BCUT2D eigenvalue weighted by atomic mass is 16.2. The molecule has 0 fully saturated rings. The summed E-state index contributed by atoms with van der Waals surface area (Å²) in [7, 11) is 0. The Labute approximate surface area is 141 Å². The minimum Gasteiger partial charge on any atom is -0.352 e. The highest BCUT2D eigenvalue weighted by molar-refractivity contribution is 5.94. The van der Waals surface area contributed by atoms with Gasteiger partial charge in [0.2, 0.25) is 0 Å². The molecule has 0 aromatic heterocycles. The Hall–Kier alpha value is -2.86. The maximum atomic E-state index is 11.9. The fourth-order valence-corrected chi connectivity index (χ4v) is 2.06. The summed E-state index contributed by atoms with van der Waals surface area (Å²) in [5.41, 5.74) is 7.63. The van der Waals surface area contributed by atoms with Crippen molar-refractivity contribution < 1.29 is 9.59 Å². The number of rotatable bonds is 7. The lowest BCUT2D eigenvalue weighted by molar-refractivity contribution is 0.0953. The van der Waals surface area contributed by atoms with Gasteiger partial charge in [0, 0.05) is 24.3 Å². The molecule has 0 unspecified atom stereocenters. The summed E-state index contributed by atoms with van der Waals surface area (Å²) in [4.78, 5) is 23.7. The number of benzene rings is 2. The predicted octanol–water partition coefficient (Wildman–Crippen LogP) is 2.09. The van der Waals surface area contributed by atoms with E-state index in [1.807, 2.05) is 42.5 Å². The number of amides is 3. The summed E-state index contributed by atoms with van der Waals surface area (Å²) in [6.45, 7) is 1.50. The van der Waals surface area contributed by atoms with Gasteiger partial charge in [0.05, 0.1) is 0 Å². The predicted molar refractivity (Wildman–Crippen MR) is 94.7 cm³/mol. The van der Waals surface area contributed by atoms with Gasteiger partial charge in [-0.3, -0.25) is 4.79 Å². The monoisotopic (exact) mass is 326 g/mol. The van der Waals surface area contributed by atoms with Gasteiger partial charge in [-0.1, -0.05) is 30.3 Å². The second kappa shape index (κ2) is 9.32. The van der Waals surface area contributed by atoms with Gasteiger partial charge >= 0.3 is 6.03 Å². The first-order valence-corrected chi connectivity index (χ1v) is 7.86. The molecule has 0 saturated heterocycles. The van der Waals surface area contributed by atoms with E-state index in [-0.39, 0.29) is 11.9 Å². The number of urea groups is 1. The van der Waals surface area contributed by atoms with Crippen LogP contribution in [0.2, 0.25) is 0 Å². The number of nitrogens with two attached hydrogens (primary N) is 1. The number of carbonyl (C=O) groups is 2. The van der Waals surface area contributed by atoms with Gasteiger partial charge in [-0.25, -0.2) is 4.79 Å². The van der Waals surface area contributed by atoms with Crippen LogP contribution in [-0.4, -0.2) is 25.0 Å². The molecule has 0 atom stereocenters. The van der Waals surface area contributed by atoms with Crippen LogP contribution >= 0.6 is 0 Å². The molecule has 0 spiro atoms. The van der Waals surface area contributed by atoms with Gasteiger partial charge in [0.15, 0.2) is 0 Å². The molecule has 0 aliphatic heterocycles. The first-order chi connectivity index (χ1) is 11.7. The standard InChI is InChI=1S/C18H22N4O2/c19-11-4-12-20-17(23)15-9-7-14(8-10-15)13-21-18(24)22-16-5-2-1-3-6-16/h1-3,5-10H,4,11-13,19H2,(H,20,23)(H2,21,22,24). The first kappa shape index (κ1) is 17.5. The van der Waals surface area contributed by atoms with Crippen molar-refractivity contribution in [2.24, 2.45) is 5.73 Å². The van der Waals surface area contributed by atoms with Gasteiger partial charge in [-0.15, -0.1) is 0 Å². The molecule has 2 aromatic carbocycles. The van der Waals surface area contributed by atoms with Crippen LogP contribution < -0.4 is 21.7 Å². The van der Waals surface area contributed by atoms with Crippen molar-refractivity contribution in [1.29, 1.82) is 0 Å². The van der Waals surface area contributed by atoms with E-state index in [0.29, 0.717) is 25.2 Å². The molecular formula is C18H22N4O2. The molecule has 0 bridgehead atoms. The number of anilines is 1. The Kier molecular flexibility index (Phi) is 6.79. The minimum atomic E-state index is -0.273. The van der Waals surface area contributed by atoms with Crippen LogP contribution in [0.4, 0.5) is 10.5 Å². The van der Waals surface area contributed by atoms with Gasteiger partial charge in [-0.05, 0) is 42.8 Å². The summed E-state index contributed by atoms with van der Waals surface area (Å²) in [5, 5.41) is 8.32. The van der Waals surface area contributed by atoms with Crippen LogP contribution in [0.15, 0.2) is 54.6 Å². The van der Waals surface area contributed by atoms with E-state index in [4.69, 9.17) is 5.73 Å². The molecule has 6 heteroatoms. The molecule has 2 rings (SSSR count). The third kappa shape index (κ3) is 5.73. The quantitative estimate of drug-likeness (QED) is 0.587. The van der Waals surface area contributed by atoms with Crippen molar-refractivity contribution in [3.8, 4) is 0 Å². The lowest BCUT2D eigenvalue weighted by Gasteiger charge is -2.08. The molecule has 2 aromatic rings. The molecule has 0 aliphatic carbocycles. The molecule has 0 saturated carbocycles. The van der Waals surface area contributed by atoms with E-state index in [1.165, 1.54) is 0 Å².